The summed E-state index contributed by atoms with van der Waals surface area (Å²) in [4.78, 5) is 25.7. The van der Waals surface area contributed by atoms with Gasteiger partial charge in [0.15, 0.2) is 5.78 Å². The first-order valence-electron chi connectivity index (χ1n) is 8.67. The van der Waals surface area contributed by atoms with E-state index in [4.69, 9.17) is 4.74 Å². The molecule has 1 spiro atoms. The van der Waals surface area contributed by atoms with E-state index in [0.29, 0.717) is 43.5 Å². The number of aliphatic hydroxyl groups excluding tert-OH is 1. The van der Waals surface area contributed by atoms with Crippen molar-refractivity contribution < 1.29 is 24.5 Å². The van der Waals surface area contributed by atoms with Crippen LogP contribution in [0.1, 0.15) is 53.8 Å². The third-order valence-corrected chi connectivity index (χ3v) is 5.45. The van der Waals surface area contributed by atoms with Crippen LogP contribution in [0, 0.1) is 0 Å². The van der Waals surface area contributed by atoms with Gasteiger partial charge in [0, 0.05) is 30.6 Å². The average Bonchev–Trinajstić information content (AvgIpc) is 2.58. The fraction of sp³-hybridized carbons (Fsp3) is 0.579. The van der Waals surface area contributed by atoms with Crippen molar-refractivity contribution in [3.63, 3.8) is 0 Å². The van der Waals surface area contributed by atoms with E-state index >= 15 is 0 Å². The Hall–Kier alpha value is -1.76. The zero-order chi connectivity index (χ0) is 18.2. The van der Waals surface area contributed by atoms with Crippen LogP contribution < -0.4 is 0 Å². The topological polar surface area (TPSA) is 87.1 Å². The summed E-state index contributed by atoms with van der Waals surface area (Å²) in [5.41, 5.74) is -0.483. The number of rotatable bonds is 2. The fourth-order valence-electron chi connectivity index (χ4n) is 3.72. The fourth-order valence-corrected chi connectivity index (χ4v) is 3.72. The van der Waals surface area contributed by atoms with Gasteiger partial charge in [-0.25, -0.2) is 0 Å². The van der Waals surface area contributed by atoms with Crippen molar-refractivity contribution in [3.8, 4) is 0 Å². The molecule has 0 aliphatic carbocycles. The molecule has 1 amide bonds. The molecule has 1 aromatic carbocycles. The van der Waals surface area contributed by atoms with Crippen LogP contribution in [0.15, 0.2) is 24.3 Å². The van der Waals surface area contributed by atoms with Gasteiger partial charge < -0.3 is 19.8 Å². The van der Waals surface area contributed by atoms with E-state index < -0.39 is 17.3 Å². The van der Waals surface area contributed by atoms with Crippen LogP contribution >= 0.6 is 0 Å². The molecule has 2 atom stereocenters. The lowest BCUT2D eigenvalue weighted by molar-refractivity contribution is -0.221. The summed E-state index contributed by atoms with van der Waals surface area (Å²) in [6, 6.07) is 6.71. The first kappa shape index (κ1) is 18.0. The third kappa shape index (κ3) is 3.61. The van der Waals surface area contributed by atoms with E-state index in [0.717, 1.165) is 0 Å². The van der Waals surface area contributed by atoms with Crippen molar-refractivity contribution >= 4 is 11.7 Å². The molecule has 2 fully saturated rings. The average molecular weight is 347 g/mol. The standard InChI is InChI=1S/C19H25NO5/c1-13(21)14-3-5-15(6-4-14)17(23)20-9-7-19(8-10-20)12-18(2,24)16(22)11-25-19/h3-6,16,22,24H,7-12H2,1-2H3/t16-,18-/m0/s1. The van der Waals surface area contributed by atoms with Crippen LogP contribution in [0.3, 0.4) is 0 Å². The lowest BCUT2D eigenvalue weighted by atomic mass is 9.76. The lowest BCUT2D eigenvalue weighted by Gasteiger charge is -2.49. The van der Waals surface area contributed by atoms with Gasteiger partial charge >= 0.3 is 0 Å². The van der Waals surface area contributed by atoms with Gasteiger partial charge in [-0.1, -0.05) is 12.1 Å². The number of piperidine rings is 1. The second kappa shape index (κ2) is 6.52. The van der Waals surface area contributed by atoms with E-state index in [1.165, 1.54) is 6.92 Å². The number of aliphatic hydroxyl groups is 2. The number of likely N-dealkylation sites (tertiary alicyclic amines) is 1. The van der Waals surface area contributed by atoms with Crippen LogP contribution in [0.4, 0.5) is 0 Å². The molecule has 136 valence electrons. The number of ketones is 1. The first-order chi connectivity index (χ1) is 11.7. The Bertz CT molecular complexity index is 659. The molecule has 0 radical (unpaired) electrons. The number of hydrogen-bond acceptors (Lipinski definition) is 5. The number of ether oxygens (including phenoxy) is 1. The van der Waals surface area contributed by atoms with Crippen molar-refractivity contribution in [2.45, 2.75) is 50.4 Å². The van der Waals surface area contributed by atoms with E-state index in [1.54, 1.807) is 36.1 Å². The molecule has 2 N–H and O–H groups in total. The molecular weight excluding hydrogens is 322 g/mol. The molecule has 0 saturated carbocycles. The minimum absolute atomic E-state index is 0.0254. The van der Waals surface area contributed by atoms with Gasteiger partial charge in [-0.2, -0.15) is 0 Å². The van der Waals surface area contributed by atoms with Gasteiger partial charge in [-0.15, -0.1) is 0 Å². The van der Waals surface area contributed by atoms with Crippen molar-refractivity contribution in [2.24, 2.45) is 0 Å². The van der Waals surface area contributed by atoms with Crippen LogP contribution in [0.2, 0.25) is 0 Å². The Kier molecular flexibility index (Phi) is 4.70. The van der Waals surface area contributed by atoms with Crippen LogP contribution in [-0.2, 0) is 4.74 Å². The monoisotopic (exact) mass is 347 g/mol. The van der Waals surface area contributed by atoms with Gasteiger partial charge in [0.2, 0.25) is 0 Å². The zero-order valence-electron chi connectivity index (χ0n) is 14.7. The number of Topliss-reactive ketones (excluding diaryl/α,β-unsaturated/α-hetero) is 1. The SMILES string of the molecule is CC(=O)c1ccc(C(=O)N2CCC3(CC2)C[C@](C)(O)[C@@H](O)CO3)cc1. The highest BCUT2D eigenvalue weighted by molar-refractivity contribution is 5.97. The molecule has 0 aromatic heterocycles. The van der Waals surface area contributed by atoms with Gasteiger partial charge in [0.25, 0.3) is 5.91 Å². The highest BCUT2D eigenvalue weighted by atomic mass is 16.5. The van der Waals surface area contributed by atoms with E-state index in [9.17, 15) is 19.8 Å². The Morgan fingerprint density at radius 2 is 1.72 bits per heavy atom. The van der Waals surface area contributed by atoms with E-state index in [-0.39, 0.29) is 18.3 Å². The van der Waals surface area contributed by atoms with Gasteiger partial charge in [-0.05, 0) is 38.8 Å². The molecule has 0 bridgehead atoms. The van der Waals surface area contributed by atoms with E-state index in [1.807, 2.05) is 0 Å². The summed E-state index contributed by atoms with van der Waals surface area (Å²) < 4.78 is 5.84. The predicted octanol–water partition coefficient (Wildman–Crippen LogP) is 1.40. The summed E-state index contributed by atoms with van der Waals surface area (Å²) in [6.45, 7) is 4.33. The summed E-state index contributed by atoms with van der Waals surface area (Å²) in [7, 11) is 0. The number of carbonyl (C=O) groups is 2. The Balaban J connectivity index is 1.64. The minimum atomic E-state index is -1.16. The molecule has 2 aliphatic rings. The van der Waals surface area contributed by atoms with Crippen molar-refractivity contribution in [2.75, 3.05) is 19.7 Å². The predicted molar refractivity (Wildman–Crippen MR) is 91.5 cm³/mol. The highest BCUT2D eigenvalue weighted by Crippen LogP contribution is 2.39. The maximum Gasteiger partial charge on any atom is 0.253 e. The molecule has 2 aliphatic heterocycles. The zero-order valence-corrected chi connectivity index (χ0v) is 14.7. The Morgan fingerprint density at radius 3 is 2.24 bits per heavy atom. The largest absolute Gasteiger partial charge is 0.388 e. The van der Waals surface area contributed by atoms with Crippen molar-refractivity contribution in [3.05, 3.63) is 35.4 Å². The van der Waals surface area contributed by atoms with Crippen molar-refractivity contribution in [1.29, 1.82) is 0 Å². The van der Waals surface area contributed by atoms with Crippen LogP contribution in [0.25, 0.3) is 0 Å². The summed E-state index contributed by atoms with van der Waals surface area (Å²) in [5, 5.41) is 20.2. The smallest absolute Gasteiger partial charge is 0.253 e. The molecule has 6 nitrogen and oxygen atoms in total. The normalized spacial score (nSPS) is 28.8. The molecule has 2 saturated heterocycles. The maximum atomic E-state index is 12.6. The number of amides is 1. The lowest BCUT2D eigenvalue weighted by Crippen LogP contribution is -2.59. The van der Waals surface area contributed by atoms with Gasteiger partial charge in [0.05, 0.1) is 17.8 Å². The van der Waals surface area contributed by atoms with E-state index in [2.05, 4.69) is 0 Å². The Labute approximate surface area is 147 Å². The summed E-state index contributed by atoms with van der Waals surface area (Å²) in [6.07, 6.45) is 0.758. The summed E-state index contributed by atoms with van der Waals surface area (Å²) >= 11 is 0. The Morgan fingerprint density at radius 1 is 1.16 bits per heavy atom. The molecule has 2 heterocycles. The van der Waals surface area contributed by atoms with Crippen LogP contribution in [0.5, 0.6) is 0 Å². The minimum Gasteiger partial charge on any atom is -0.388 e. The maximum absolute atomic E-state index is 12.6. The van der Waals surface area contributed by atoms with Crippen LogP contribution in [-0.4, -0.2) is 63.8 Å². The highest BCUT2D eigenvalue weighted by Gasteiger charge is 2.49. The van der Waals surface area contributed by atoms with Gasteiger partial charge in [-0.3, -0.25) is 9.59 Å². The first-order valence-corrected chi connectivity index (χ1v) is 8.67. The molecule has 25 heavy (non-hydrogen) atoms. The molecule has 6 heteroatoms. The van der Waals surface area contributed by atoms with Crippen molar-refractivity contribution in [1.82, 2.24) is 4.90 Å². The number of hydrogen-bond donors (Lipinski definition) is 2. The second-order valence-electron chi connectivity index (χ2n) is 7.47. The number of benzene rings is 1. The number of carbonyl (C=O) groups excluding carboxylic acids is 2. The summed E-state index contributed by atoms with van der Waals surface area (Å²) in [5.74, 6) is -0.0878. The molecule has 0 unspecified atom stereocenters. The third-order valence-electron chi connectivity index (χ3n) is 5.45. The molecular formula is C19H25NO5. The molecule has 3 rings (SSSR count). The number of nitrogens with zero attached hydrogens (tertiary/aromatic N) is 1. The van der Waals surface area contributed by atoms with Gasteiger partial charge in [0.1, 0.15) is 6.10 Å². The molecule has 1 aromatic rings. The second-order valence-corrected chi connectivity index (χ2v) is 7.47. The quantitative estimate of drug-likeness (QED) is 0.790.